The third-order valence-electron chi connectivity index (χ3n) is 6.35. The standard InChI is InChI=1S/C20H26O4/c1-6-11(2)19(22)24-16-8-7-15-17(21)18-14(12(3)10-23-18)9-20(15,5)13(16)4/h6,10,13,15-16H,7-9H2,1-5H3/b11-6-/t13-,15-,16+,20+/m0/s1. The van der Waals surface area contributed by atoms with Crippen molar-refractivity contribution < 1.29 is 18.7 Å². The summed E-state index contributed by atoms with van der Waals surface area (Å²) < 4.78 is 11.3. The Morgan fingerprint density at radius 3 is 2.79 bits per heavy atom. The number of fused-ring (bicyclic) bond motifs is 2. The van der Waals surface area contributed by atoms with E-state index in [1.807, 2.05) is 13.8 Å². The highest BCUT2D eigenvalue weighted by molar-refractivity contribution is 5.99. The molecule has 0 spiro atoms. The monoisotopic (exact) mass is 330 g/mol. The van der Waals surface area contributed by atoms with E-state index in [1.165, 1.54) is 0 Å². The topological polar surface area (TPSA) is 56.5 Å². The quantitative estimate of drug-likeness (QED) is 0.600. The van der Waals surface area contributed by atoms with Gasteiger partial charge in [-0.1, -0.05) is 19.9 Å². The van der Waals surface area contributed by atoms with E-state index in [1.54, 1.807) is 19.3 Å². The minimum Gasteiger partial charge on any atom is -0.461 e. The van der Waals surface area contributed by atoms with Crippen LogP contribution in [-0.2, 0) is 16.0 Å². The van der Waals surface area contributed by atoms with E-state index in [-0.39, 0.29) is 35.1 Å². The summed E-state index contributed by atoms with van der Waals surface area (Å²) in [6.07, 6.45) is 5.58. The molecule has 2 aliphatic rings. The lowest BCUT2D eigenvalue weighted by atomic mass is 9.54. The van der Waals surface area contributed by atoms with E-state index in [0.717, 1.165) is 30.4 Å². The summed E-state index contributed by atoms with van der Waals surface area (Å²) in [6.45, 7) is 9.87. The zero-order valence-electron chi connectivity index (χ0n) is 15.1. The van der Waals surface area contributed by atoms with Crippen LogP contribution in [0.3, 0.4) is 0 Å². The van der Waals surface area contributed by atoms with E-state index in [2.05, 4.69) is 13.8 Å². The molecule has 3 rings (SSSR count). The summed E-state index contributed by atoms with van der Waals surface area (Å²) in [5.74, 6) is 0.480. The van der Waals surface area contributed by atoms with E-state index >= 15 is 0 Å². The van der Waals surface area contributed by atoms with Crippen LogP contribution in [0, 0.1) is 24.2 Å². The van der Waals surface area contributed by atoms with Gasteiger partial charge in [-0.05, 0) is 56.9 Å². The second-order valence-corrected chi connectivity index (χ2v) is 7.61. The number of esters is 1. The molecule has 1 heterocycles. The molecular weight excluding hydrogens is 304 g/mol. The molecule has 1 aromatic rings. The average molecular weight is 330 g/mol. The number of carbonyl (C=O) groups excluding carboxylic acids is 2. The number of hydrogen-bond acceptors (Lipinski definition) is 4. The van der Waals surface area contributed by atoms with Gasteiger partial charge in [-0.15, -0.1) is 0 Å². The van der Waals surface area contributed by atoms with Gasteiger partial charge in [-0.3, -0.25) is 4.79 Å². The molecule has 0 saturated heterocycles. The normalized spacial score (nSPS) is 33.0. The minimum atomic E-state index is -0.251. The van der Waals surface area contributed by atoms with Gasteiger partial charge in [0.1, 0.15) is 6.10 Å². The predicted molar refractivity (Wildman–Crippen MR) is 90.8 cm³/mol. The van der Waals surface area contributed by atoms with Gasteiger partial charge in [0, 0.05) is 17.1 Å². The zero-order valence-corrected chi connectivity index (χ0v) is 15.1. The summed E-state index contributed by atoms with van der Waals surface area (Å²) in [4.78, 5) is 25.0. The Balaban J connectivity index is 1.89. The van der Waals surface area contributed by atoms with E-state index < -0.39 is 0 Å². The molecule has 4 atom stereocenters. The Morgan fingerprint density at radius 1 is 1.42 bits per heavy atom. The second-order valence-electron chi connectivity index (χ2n) is 7.61. The fourth-order valence-corrected chi connectivity index (χ4v) is 4.31. The van der Waals surface area contributed by atoms with Crippen molar-refractivity contribution in [2.45, 2.75) is 60.0 Å². The lowest BCUT2D eigenvalue weighted by Crippen LogP contribution is -2.52. The molecule has 0 radical (unpaired) electrons. The molecule has 2 aliphatic carbocycles. The van der Waals surface area contributed by atoms with Crippen LogP contribution in [0.1, 0.15) is 62.2 Å². The van der Waals surface area contributed by atoms with Crippen molar-refractivity contribution in [3.8, 4) is 0 Å². The minimum absolute atomic E-state index is 0.0525. The van der Waals surface area contributed by atoms with Crippen LogP contribution in [0.15, 0.2) is 22.3 Å². The summed E-state index contributed by atoms with van der Waals surface area (Å²) in [5.41, 5.74) is 2.49. The van der Waals surface area contributed by atoms with Crippen molar-refractivity contribution in [1.29, 1.82) is 0 Å². The van der Waals surface area contributed by atoms with Gasteiger partial charge in [0.05, 0.1) is 6.26 Å². The maximum absolute atomic E-state index is 12.9. The number of allylic oxidation sites excluding steroid dienone is 1. The average Bonchev–Trinajstić information content (AvgIpc) is 2.91. The highest BCUT2D eigenvalue weighted by atomic mass is 16.5. The summed E-state index contributed by atoms with van der Waals surface area (Å²) in [7, 11) is 0. The largest absolute Gasteiger partial charge is 0.461 e. The van der Waals surface area contributed by atoms with Crippen LogP contribution in [0.5, 0.6) is 0 Å². The molecule has 4 nitrogen and oxygen atoms in total. The first-order valence-corrected chi connectivity index (χ1v) is 8.74. The van der Waals surface area contributed by atoms with Crippen molar-refractivity contribution in [3.63, 3.8) is 0 Å². The number of rotatable bonds is 2. The highest BCUT2D eigenvalue weighted by Crippen LogP contribution is 2.53. The van der Waals surface area contributed by atoms with E-state index in [4.69, 9.17) is 9.15 Å². The first kappa shape index (κ1) is 17.0. The molecule has 24 heavy (non-hydrogen) atoms. The molecule has 0 aromatic carbocycles. The van der Waals surface area contributed by atoms with Crippen molar-refractivity contribution in [3.05, 3.63) is 34.8 Å². The van der Waals surface area contributed by atoms with Crippen LogP contribution in [0.4, 0.5) is 0 Å². The van der Waals surface area contributed by atoms with Crippen LogP contribution < -0.4 is 0 Å². The van der Waals surface area contributed by atoms with Crippen LogP contribution in [0.2, 0.25) is 0 Å². The van der Waals surface area contributed by atoms with E-state index in [0.29, 0.717) is 11.3 Å². The molecule has 0 bridgehead atoms. The number of hydrogen-bond donors (Lipinski definition) is 0. The number of ether oxygens (including phenoxy) is 1. The second kappa shape index (κ2) is 5.91. The Bertz CT molecular complexity index is 711. The van der Waals surface area contributed by atoms with Crippen molar-refractivity contribution in [1.82, 2.24) is 0 Å². The molecule has 4 heteroatoms. The molecule has 0 N–H and O–H groups in total. The Kier molecular flexibility index (Phi) is 4.18. The van der Waals surface area contributed by atoms with Gasteiger partial charge in [-0.2, -0.15) is 0 Å². The highest BCUT2D eigenvalue weighted by Gasteiger charge is 2.54. The number of Topliss-reactive ketones (excluding diaryl/α,β-unsaturated/α-hetero) is 1. The van der Waals surface area contributed by atoms with Gasteiger partial charge in [0.15, 0.2) is 5.76 Å². The molecule has 0 amide bonds. The first-order valence-electron chi connectivity index (χ1n) is 8.74. The van der Waals surface area contributed by atoms with Crippen LogP contribution >= 0.6 is 0 Å². The molecule has 1 aromatic heterocycles. The van der Waals surface area contributed by atoms with Crippen LogP contribution in [-0.4, -0.2) is 17.9 Å². The number of aryl methyl sites for hydroxylation is 1. The molecule has 0 unspecified atom stereocenters. The number of furan rings is 1. The Morgan fingerprint density at radius 2 is 2.12 bits per heavy atom. The van der Waals surface area contributed by atoms with Gasteiger partial charge in [-0.25, -0.2) is 4.79 Å². The molecule has 1 saturated carbocycles. The lowest BCUT2D eigenvalue weighted by Gasteiger charge is -2.50. The van der Waals surface area contributed by atoms with Crippen molar-refractivity contribution in [2.24, 2.45) is 17.3 Å². The molecule has 1 fully saturated rings. The summed E-state index contributed by atoms with van der Waals surface area (Å²) in [6, 6.07) is 0. The predicted octanol–water partition coefficient (Wildman–Crippen LogP) is 4.26. The maximum atomic E-state index is 12.9. The summed E-state index contributed by atoms with van der Waals surface area (Å²) in [5, 5.41) is 0. The number of ketones is 1. The third kappa shape index (κ3) is 2.43. The van der Waals surface area contributed by atoms with Crippen molar-refractivity contribution >= 4 is 11.8 Å². The SMILES string of the molecule is C/C=C(/C)C(=O)O[C@@H]1CC[C@H]2C(=O)c3occ(C)c3C[C@]2(C)[C@H]1C. The first-order chi connectivity index (χ1) is 11.3. The van der Waals surface area contributed by atoms with Gasteiger partial charge >= 0.3 is 5.97 Å². The Hall–Kier alpha value is -1.84. The van der Waals surface area contributed by atoms with E-state index in [9.17, 15) is 9.59 Å². The lowest BCUT2D eigenvalue weighted by molar-refractivity contribution is -0.154. The molecular formula is C20H26O4. The fraction of sp³-hybridized carbons (Fsp3) is 0.600. The fourth-order valence-electron chi connectivity index (χ4n) is 4.31. The number of carbonyl (C=O) groups is 2. The van der Waals surface area contributed by atoms with Crippen LogP contribution in [0.25, 0.3) is 0 Å². The maximum Gasteiger partial charge on any atom is 0.333 e. The van der Waals surface area contributed by atoms with Gasteiger partial charge in [0.25, 0.3) is 0 Å². The molecule has 0 aliphatic heterocycles. The van der Waals surface area contributed by atoms with Gasteiger partial charge in [0.2, 0.25) is 5.78 Å². The summed E-state index contributed by atoms with van der Waals surface area (Å²) >= 11 is 0. The molecule has 130 valence electrons. The van der Waals surface area contributed by atoms with Gasteiger partial charge < -0.3 is 9.15 Å². The zero-order chi connectivity index (χ0) is 17.6. The third-order valence-corrected chi connectivity index (χ3v) is 6.35. The smallest absolute Gasteiger partial charge is 0.333 e. The van der Waals surface area contributed by atoms with Crippen molar-refractivity contribution in [2.75, 3.05) is 0 Å². The Labute approximate surface area is 143 Å².